The summed E-state index contributed by atoms with van der Waals surface area (Å²) in [5.74, 6) is -1.03. The van der Waals surface area contributed by atoms with Crippen LogP contribution in [0.3, 0.4) is 0 Å². The molecule has 0 fully saturated rings. The Bertz CT molecular complexity index is 1280. The molecular weight excluding hydrogens is 388 g/mol. The maximum Gasteiger partial charge on any atom is 0.335 e. The van der Waals surface area contributed by atoms with Crippen molar-refractivity contribution in [2.75, 3.05) is 24.9 Å². The Balaban J connectivity index is 1.70. The predicted octanol–water partition coefficient (Wildman–Crippen LogP) is 4.44. The summed E-state index contributed by atoms with van der Waals surface area (Å²) in [6, 6.07) is 10.7. The number of benzene rings is 3. The summed E-state index contributed by atoms with van der Waals surface area (Å²) in [6.45, 7) is -2.77. The van der Waals surface area contributed by atoms with Gasteiger partial charge in [-0.2, -0.15) is 0 Å². The van der Waals surface area contributed by atoms with Gasteiger partial charge in [0, 0.05) is 33.0 Å². The van der Waals surface area contributed by atoms with Crippen LogP contribution < -0.4 is 10.6 Å². The van der Waals surface area contributed by atoms with Crippen LogP contribution in [0.1, 0.15) is 31.6 Å². The van der Waals surface area contributed by atoms with Crippen LogP contribution in [0, 0.1) is 0 Å². The van der Waals surface area contributed by atoms with Gasteiger partial charge in [-0.1, -0.05) is 48.0 Å². The maximum absolute atomic E-state index is 11.2. The fraction of sp³-hybridized carbons (Fsp3) is 0.174. The minimum absolute atomic E-state index is 0.0778. The monoisotopic (exact) mass is 417 g/mol. The molecule has 0 saturated carbocycles. The average Bonchev–Trinajstić information content (AvgIpc) is 2.84. The first kappa shape index (κ1) is 13.4. The highest BCUT2D eigenvalue weighted by atomic mass is 35.5. The van der Waals surface area contributed by atoms with Gasteiger partial charge in [-0.05, 0) is 53.0 Å². The van der Waals surface area contributed by atoms with Crippen molar-refractivity contribution >= 4 is 23.3 Å². The Hall–Kier alpha value is -2.86. The molecule has 0 aliphatic heterocycles. The number of anilines is 1. The van der Waals surface area contributed by atoms with Gasteiger partial charge < -0.3 is 20.8 Å². The lowest BCUT2D eigenvalue weighted by Crippen LogP contribution is -2.26. The van der Waals surface area contributed by atoms with Gasteiger partial charge in [0.2, 0.25) is 0 Å². The smallest absolute Gasteiger partial charge is 0.335 e. The Labute approximate surface area is 184 Å². The minimum Gasteiger partial charge on any atom is -0.478 e. The second kappa shape index (κ2) is 10.1. The molecule has 0 aromatic heterocycles. The Kier molecular flexibility index (Phi) is 4.65. The largest absolute Gasteiger partial charge is 0.478 e. The molecule has 0 radical (unpaired) electrons. The van der Waals surface area contributed by atoms with E-state index >= 15 is 0 Å². The Morgan fingerprint density at radius 2 is 1.93 bits per heavy atom. The number of carboxylic acids is 1. The number of hydrogen-bond donors (Lipinski definition) is 4. The summed E-state index contributed by atoms with van der Waals surface area (Å²) in [7, 11) is 0. The van der Waals surface area contributed by atoms with Crippen LogP contribution >= 0.6 is 11.6 Å². The van der Waals surface area contributed by atoms with Crippen LogP contribution in [-0.4, -0.2) is 35.8 Å². The molecule has 0 amide bonds. The van der Waals surface area contributed by atoms with Crippen molar-refractivity contribution in [3.8, 4) is 11.1 Å². The summed E-state index contributed by atoms with van der Waals surface area (Å²) < 4.78 is 55.9. The highest BCUT2D eigenvalue weighted by Crippen LogP contribution is 2.23. The van der Waals surface area contributed by atoms with Gasteiger partial charge in [0.05, 0.1) is 18.5 Å². The molecule has 150 valence electrons. The normalized spacial score (nSPS) is 16.8. The molecule has 0 aliphatic rings. The predicted molar refractivity (Wildman–Crippen MR) is 117 cm³/mol. The molecule has 0 aliphatic carbocycles. The summed E-state index contributed by atoms with van der Waals surface area (Å²) in [5.41, 5.74) is 1.48. The van der Waals surface area contributed by atoms with Gasteiger partial charge in [-0.15, -0.1) is 0 Å². The first-order valence-electron chi connectivity index (χ1n) is 12.2. The summed E-state index contributed by atoms with van der Waals surface area (Å²) in [4.78, 5) is 11.2. The van der Waals surface area contributed by atoms with Gasteiger partial charge in [0.15, 0.2) is 0 Å². The zero-order chi connectivity index (χ0) is 26.8. The molecule has 0 saturated heterocycles. The van der Waals surface area contributed by atoms with Crippen molar-refractivity contribution < 1.29 is 24.6 Å². The highest BCUT2D eigenvalue weighted by Gasteiger charge is 2.07. The number of hydrogen-bond acceptors (Lipinski definition) is 4. The molecule has 3 aromatic carbocycles. The molecule has 0 heterocycles. The third-order valence-corrected chi connectivity index (χ3v) is 4.11. The second-order valence-corrected chi connectivity index (χ2v) is 6.36. The highest BCUT2D eigenvalue weighted by molar-refractivity contribution is 6.30. The lowest BCUT2D eigenvalue weighted by molar-refractivity contribution is 0.0697. The summed E-state index contributed by atoms with van der Waals surface area (Å²) >= 11 is 5.84. The van der Waals surface area contributed by atoms with Gasteiger partial charge in [-0.3, -0.25) is 0 Å². The van der Waals surface area contributed by atoms with Crippen molar-refractivity contribution in [2.24, 2.45) is 0 Å². The van der Waals surface area contributed by atoms with Gasteiger partial charge in [0.25, 0.3) is 0 Å². The molecular formula is C23H23ClN2O3. The first-order valence-corrected chi connectivity index (χ1v) is 9.07. The number of carbonyl (C=O) groups is 1. The van der Waals surface area contributed by atoms with E-state index in [1.807, 2.05) is 6.07 Å². The average molecular weight is 418 g/mol. The first-order chi connectivity index (χ1) is 16.8. The number of carboxylic acid groups (broad SMARTS) is 1. The van der Waals surface area contributed by atoms with E-state index in [2.05, 4.69) is 10.6 Å². The van der Waals surface area contributed by atoms with E-state index in [9.17, 15) is 15.0 Å². The Morgan fingerprint density at radius 3 is 2.72 bits per heavy atom. The zero-order valence-electron chi connectivity index (χ0n) is 22.2. The van der Waals surface area contributed by atoms with E-state index in [0.29, 0.717) is 11.3 Å². The van der Waals surface area contributed by atoms with Crippen molar-refractivity contribution in [1.82, 2.24) is 5.32 Å². The van der Waals surface area contributed by atoms with Crippen LogP contribution in [0.25, 0.3) is 11.1 Å². The lowest BCUT2D eigenvalue weighted by Gasteiger charge is -2.13. The van der Waals surface area contributed by atoms with E-state index < -0.39 is 53.3 Å². The molecule has 0 unspecified atom stereocenters. The fourth-order valence-electron chi connectivity index (χ4n) is 2.56. The maximum atomic E-state index is 11.2. The molecule has 4 N–H and O–H groups in total. The summed E-state index contributed by atoms with van der Waals surface area (Å²) in [6.07, 6.45) is -3.15. The summed E-state index contributed by atoms with van der Waals surface area (Å²) in [5, 5.41) is 24.8. The quantitative estimate of drug-likeness (QED) is 0.387. The third-order valence-electron chi connectivity index (χ3n) is 3.92. The third kappa shape index (κ3) is 6.06. The number of halogens is 1. The zero-order valence-corrected chi connectivity index (χ0v) is 16.0. The van der Waals surface area contributed by atoms with Crippen LogP contribution in [0.2, 0.25) is 5.02 Å². The van der Waals surface area contributed by atoms with Crippen molar-refractivity contribution in [1.29, 1.82) is 0 Å². The van der Waals surface area contributed by atoms with Crippen LogP contribution in [0.5, 0.6) is 0 Å². The van der Waals surface area contributed by atoms with E-state index in [1.165, 1.54) is 6.07 Å². The van der Waals surface area contributed by atoms with Crippen LogP contribution in [0.15, 0.2) is 72.7 Å². The van der Waals surface area contributed by atoms with Crippen molar-refractivity contribution in [2.45, 2.75) is 6.08 Å². The number of rotatable bonds is 9. The van der Waals surface area contributed by atoms with Crippen LogP contribution in [-0.2, 0) is 0 Å². The lowest BCUT2D eigenvalue weighted by atomic mass is 10.0. The molecule has 3 aromatic rings. The fourth-order valence-corrected chi connectivity index (χ4v) is 2.70. The van der Waals surface area contributed by atoms with E-state index in [4.69, 9.17) is 21.2 Å². The standard InChI is InChI=1S/C23H23ClN2O3/c24-20-8-2-6-18(13-20)22(27)15-25-10-11-26-21-9-3-5-17(14-21)16-4-1-7-19(12-16)23(28)29/h1-9,12-14,22,25-27H,10-11,15H2,(H,28,29)/t22-/m1/s1/i2D,6D,8D,13D,15D2,22D. The van der Waals surface area contributed by atoms with Crippen molar-refractivity contribution in [3.63, 3.8) is 0 Å². The number of nitrogens with one attached hydrogen (secondary N) is 2. The number of aromatic carboxylic acids is 1. The minimum atomic E-state index is -3.15. The topological polar surface area (TPSA) is 81.6 Å². The molecule has 6 heteroatoms. The van der Waals surface area contributed by atoms with Gasteiger partial charge in [-0.25, -0.2) is 4.79 Å². The van der Waals surface area contributed by atoms with Crippen molar-refractivity contribution in [3.05, 3.63) is 88.9 Å². The van der Waals surface area contributed by atoms with E-state index in [-0.39, 0.29) is 18.7 Å². The number of aliphatic hydroxyl groups is 1. The molecule has 29 heavy (non-hydrogen) atoms. The second-order valence-electron chi connectivity index (χ2n) is 5.98. The SMILES string of the molecule is [2H]c1c([2H])c(Cl)c([2H])c([C@]([2H])(O)C([2H])([2H])NCCNc2cccc(-c3cccc(C(=O)O)c3)c2)c1[2H]. The molecule has 3 rings (SSSR count). The molecule has 5 nitrogen and oxygen atoms in total. The Morgan fingerprint density at radius 1 is 1.17 bits per heavy atom. The molecule has 0 bridgehead atoms. The molecule has 0 spiro atoms. The van der Waals surface area contributed by atoms with Gasteiger partial charge in [0.1, 0.15) is 0 Å². The van der Waals surface area contributed by atoms with E-state index in [1.54, 1.807) is 36.4 Å². The molecule has 1 atom stereocenters. The van der Waals surface area contributed by atoms with E-state index in [0.717, 1.165) is 5.56 Å². The van der Waals surface area contributed by atoms with Crippen LogP contribution in [0.4, 0.5) is 5.69 Å². The van der Waals surface area contributed by atoms with Gasteiger partial charge >= 0.3 is 5.97 Å².